The summed E-state index contributed by atoms with van der Waals surface area (Å²) in [5.74, 6) is 1.31. The van der Waals surface area contributed by atoms with Crippen LogP contribution in [0.25, 0.3) is 11.5 Å². The first-order valence-electron chi connectivity index (χ1n) is 7.57. The van der Waals surface area contributed by atoms with Crippen LogP contribution in [0.15, 0.2) is 16.9 Å². The van der Waals surface area contributed by atoms with E-state index in [2.05, 4.69) is 20.2 Å². The molecule has 1 atom stereocenters. The number of aromatic nitrogens is 4. The van der Waals surface area contributed by atoms with E-state index in [1.54, 1.807) is 6.20 Å². The zero-order chi connectivity index (χ0) is 15.5. The maximum Gasteiger partial charge on any atom is 0.251 e. The average molecular weight is 301 g/mol. The Kier molecular flexibility index (Phi) is 4.13. The van der Waals surface area contributed by atoms with Gasteiger partial charge in [0, 0.05) is 25.7 Å². The molecule has 116 valence electrons. The molecule has 7 nitrogen and oxygen atoms in total. The van der Waals surface area contributed by atoms with Gasteiger partial charge in [-0.15, -0.1) is 10.2 Å². The Morgan fingerprint density at radius 3 is 3.09 bits per heavy atom. The third kappa shape index (κ3) is 2.84. The van der Waals surface area contributed by atoms with E-state index in [0.29, 0.717) is 24.7 Å². The number of hydrogen-bond donors (Lipinski definition) is 0. The molecule has 0 radical (unpaired) electrons. The highest BCUT2D eigenvalue weighted by Gasteiger charge is 2.28. The summed E-state index contributed by atoms with van der Waals surface area (Å²) in [5.41, 5.74) is 1.55. The van der Waals surface area contributed by atoms with Crippen molar-refractivity contribution in [2.45, 2.75) is 39.0 Å². The lowest BCUT2D eigenvalue weighted by molar-refractivity contribution is -0.132. The number of piperidine rings is 1. The van der Waals surface area contributed by atoms with Crippen molar-refractivity contribution in [3.8, 4) is 11.5 Å². The molecule has 7 heteroatoms. The Morgan fingerprint density at radius 2 is 2.32 bits per heavy atom. The standard InChI is InChI=1S/C15H19N5O2/c1-3-13(21)20-6-4-5-11(8-20)14-18-19-15(22-14)12-7-16-9-17-10(12)2/h7,9,11H,3-6,8H2,1-2H3/t11-/m0/s1. The lowest BCUT2D eigenvalue weighted by atomic mass is 9.98. The first-order valence-corrected chi connectivity index (χ1v) is 7.57. The Balaban J connectivity index is 1.79. The summed E-state index contributed by atoms with van der Waals surface area (Å²) in [6.45, 7) is 5.23. The highest BCUT2D eigenvalue weighted by molar-refractivity contribution is 5.75. The molecule has 0 unspecified atom stereocenters. The van der Waals surface area contributed by atoms with Crippen molar-refractivity contribution in [3.63, 3.8) is 0 Å². The minimum Gasteiger partial charge on any atom is -0.420 e. The van der Waals surface area contributed by atoms with Crippen molar-refractivity contribution in [3.05, 3.63) is 24.1 Å². The molecule has 0 spiro atoms. The quantitative estimate of drug-likeness (QED) is 0.861. The second kappa shape index (κ2) is 6.21. The summed E-state index contributed by atoms with van der Waals surface area (Å²) < 4.78 is 5.81. The van der Waals surface area contributed by atoms with Crippen molar-refractivity contribution >= 4 is 5.91 Å². The van der Waals surface area contributed by atoms with Crippen LogP contribution in [0.5, 0.6) is 0 Å². The molecule has 0 bridgehead atoms. The highest BCUT2D eigenvalue weighted by Crippen LogP contribution is 2.29. The molecule has 3 rings (SSSR count). The number of carbonyl (C=O) groups excluding carboxylic acids is 1. The minimum atomic E-state index is 0.107. The molecule has 1 aliphatic rings. The van der Waals surface area contributed by atoms with Gasteiger partial charge in [0.05, 0.1) is 17.2 Å². The first kappa shape index (κ1) is 14.6. The Labute approximate surface area is 128 Å². The van der Waals surface area contributed by atoms with Crippen molar-refractivity contribution in [1.82, 2.24) is 25.1 Å². The molecule has 1 aliphatic heterocycles. The van der Waals surface area contributed by atoms with Gasteiger partial charge in [-0.25, -0.2) is 9.97 Å². The fourth-order valence-electron chi connectivity index (χ4n) is 2.74. The molecule has 1 saturated heterocycles. The third-order valence-corrected chi connectivity index (χ3v) is 4.01. The lowest BCUT2D eigenvalue weighted by Gasteiger charge is -2.30. The van der Waals surface area contributed by atoms with E-state index >= 15 is 0 Å². The summed E-state index contributed by atoms with van der Waals surface area (Å²) in [6, 6.07) is 0. The van der Waals surface area contributed by atoms with Crippen LogP contribution in [-0.4, -0.2) is 44.1 Å². The van der Waals surface area contributed by atoms with E-state index in [1.165, 1.54) is 6.33 Å². The number of aryl methyl sites for hydroxylation is 1. The van der Waals surface area contributed by atoms with Gasteiger partial charge in [-0.1, -0.05) is 6.92 Å². The van der Waals surface area contributed by atoms with Crippen molar-refractivity contribution < 1.29 is 9.21 Å². The van der Waals surface area contributed by atoms with Gasteiger partial charge in [0.15, 0.2) is 0 Å². The third-order valence-electron chi connectivity index (χ3n) is 4.01. The molecule has 0 aliphatic carbocycles. The van der Waals surface area contributed by atoms with Crippen LogP contribution in [0.1, 0.15) is 43.7 Å². The van der Waals surface area contributed by atoms with Crippen LogP contribution in [-0.2, 0) is 4.79 Å². The van der Waals surface area contributed by atoms with Gasteiger partial charge in [-0.3, -0.25) is 4.79 Å². The molecule has 0 saturated carbocycles. The van der Waals surface area contributed by atoms with Gasteiger partial charge in [-0.05, 0) is 19.8 Å². The smallest absolute Gasteiger partial charge is 0.251 e. The van der Waals surface area contributed by atoms with Gasteiger partial charge in [0.1, 0.15) is 6.33 Å². The molecule has 0 N–H and O–H groups in total. The van der Waals surface area contributed by atoms with Gasteiger partial charge in [0.25, 0.3) is 5.89 Å². The lowest BCUT2D eigenvalue weighted by Crippen LogP contribution is -2.38. The van der Waals surface area contributed by atoms with Gasteiger partial charge < -0.3 is 9.32 Å². The second-order valence-electron chi connectivity index (χ2n) is 5.50. The van der Waals surface area contributed by atoms with Crippen molar-refractivity contribution in [1.29, 1.82) is 0 Å². The number of amides is 1. The summed E-state index contributed by atoms with van der Waals surface area (Å²) in [7, 11) is 0. The van der Waals surface area contributed by atoms with Gasteiger partial charge >= 0.3 is 0 Å². The second-order valence-corrected chi connectivity index (χ2v) is 5.50. The Morgan fingerprint density at radius 1 is 1.45 bits per heavy atom. The van der Waals surface area contributed by atoms with Gasteiger partial charge in [0.2, 0.25) is 11.8 Å². The van der Waals surface area contributed by atoms with E-state index in [4.69, 9.17) is 4.42 Å². The average Bonchev–Trinajstić information content (AvgIpc) is 3.04. The molecule has 1 fully saturated rings. The van der Waals surface area contributed by atoms with Crippen LogP contribution in [0, 0.1) is 6.92 Å². The van der Waals surface area contributed by atoms with Crippen LogP contribution in [0.3, 0.4) is 0 Å². The fourth-order valence-corrected chi connectivity index (χ4v) is 2.74. The predicted molar refractivity (Wildman–Crippen MR) is 78.9 cm³/mol. The van der Waals surface area contributed by atoms with Crippen LogP contribution in [0.4, 0.5) is 0 Å². The Hall–Kier alpha value is -2.31. The Bertz CT molecular complexity index is 669. The summed E-state index contributed by atoms with van der Waals surface area (Å²) in [6.07, 6.45) is 5.61. The van der Waals surface area contributed by atoms with Crippen LogP contribution >= 0.6 is 0 Å². The molecule has 0 aromatic carbocycles. The summed E-state index contributed by atoms with van der Waals surface area (Å²) in [5, 5.41) is 8.28. The zero-order valence-electron chi connectivity index (χ0n) is 12.8. The monoisotopic (exact) mass is 301 g/mol. The van der Waals surface area contributed by atoms with E-state index in [0.717, 1.165) is 30.6 Å². The van der Waals surface area contributed by atoms with Crippen LogP contribution < -0.4 is 0 Å². The minimum absolute atomic E-state index is 0.107. The molecule has 2 aromatic heterocycles. The predicted octanol–water partition coefficient (Wildman–Crippen LogP) is 1.95. The van der Waals surface area contributed by atoms with Gasteiger partial charge in [-0.2, -0.15) is 0 Å². The number of rotatable bonds is 3. The summed E-state index contributed by atoms with van der Waals surface area (Å²) >= 11 is 0. The number of carbonyl (C=O) groups is 1. The largest absolute Gasteiger partial charge is 0.420 e. The van der Waals surface area contributed by atoms with Crippen LogP contribution in [0.2, 0.25) is 0 Å². The molecule has 1 amide bonds. The zero-order valence-corrected chi connectivity index (χ0v) is 12.8. The number of nitrogens with zero attached hydrogens (tertiary/aromatic N) is 5. The number of hydrogen-bond acceptors (Lipinski definition) is 6. The first-order chi connectivity index (χ1) is 10.7. The maximum absolute atomic E-state index is 11.9. The van der Waals surface area contributed by atoms with E-state index in [-0.39, 0.29) is 11.8 Å². The highest BCUT2D eigenvalue weighted by atomic mass is 16.4. The van der Waals surface area contributed by atoms with E-state index < -0.39 is 0 Å². The SMILES string of the molecule is CCC(=O)N1CCC[C@H](c2nnc(-c3cncnc3C)o2)C1. The van der Waals surface area contributed by atoms with E-state index in [1.807, 2.05) is 18.7 Å². The maximum atomic E-state index is 11.9. The molecular formula is C15H19N5O2. The number of likely N-dealkylation sites (tertiary alicyclic amines) is 1. The molecular weight excluding hydrogens is 282 g/mol. The van der Waals surface area contributed by atoms with Crippen molar-refractivity contribution in [2.75, 3.05) is 13.1 Å². The summed E-state index contributed by atoms with van der Waals surface area (Å²) in [4.78, 5) is 21.9. The molecule has 3 heterocycles. The molecule has 2 aromatic rings. The molecule has 22 heavy (non-hydrogen) atoms. The fraction of sp³-hybridized carbons (Fsp3) is 0.533. The van der Waals surface area contributed by atoms with Crippen molar-refractivity contribution in [2.24, 2.45) is 0 Å². The topological polar surface area (TPSA) is 85.0 Å². The normalized spacial score (nSPS) is 18.5. The van der Waals surface area contributed by atoms with E-state index in [9.17, 15) is 4.79 Å².